The van der Waals surface area contributed by atoms with Crippen LogP contribution in [-0.4, -0.2) is 25.2 Å². The molecule has 0 radical (unpaired) electrons. The molecule has 0 unspecified atom stereocenters. The summed E-state index contributed by atoms with van der Waals surface area (Å²) in [6.07, 6.45) is 0. The molecular formula is C19H25N5O3. The number of hydrogen-bond donors (Lipinski definition) is 1. The summed E-state index contributed by atoms with van der Waals surface area (Å²) in [7, 11) is 1.69. The second-order valence-corrected chi connectivity index (χ2v) is 8.26. The summed E-state index contributed by atoms with van der Waals surface area (Å²) < 4.78 is 8.31. The topological polar surface area (TPSA) is 95.0 Å². The van der Waals surface area contributed by atoms with Gasteiger partial charge >= 0.3 is 5.69 Å². The van der Waals surface area contributed by atoms with Gasteiger partial charge < -0.3 is 9.84 Å². The highest BCUT2D eigenvalue weighted by Crippen LogP contribution is 2.24. The van der Waals surface area contributed by atoms with Gasteiger partial charge in [-0.05, 0) is 26.0 Å². The number of imidazole rings is 1. The van der Waals surface area contributed by atoms with E-state index in [-0.39, 0.29) is 23.6 Å². The molecule has 0 atom stereocenters. The van der Waals surface area contributed by atoms with Crippen molar-refractivity contribution in [1.82, 2.24) is 24.6 Å². The van der Waals surface area contributed by atoms with Gasteiger partial charge in [-0.1, -0.05) is 38.1 Å². The van der Waals surface area contributed by atoms with Crippen LogP contribution in [0, 0.1) is 0 Å². The summed E-state index contributed by atoms with van der Waals surface area (Å²) in [5, 5.41) is 6.91. The molecule has 3 rings (SSSR count). The van der Waals surface area contributed by atoms with Crippen LogP contribution in [0.25, 0.3) is 11.0 Å². The molecule has 144 valence electrons. The van der Waals surface area contributed by atoms with E-state index in [9.17, 15) is 9.59 Å². The van der Waals surface area contributed by atoms with E-state index in [0.717, 1.165) is 5.52 Å². The van der Waals surface area contributed by atoms with Crippen molar-refractivity contribution in [2.45, 2.75) is 52.1 Å². The van der Waals surface area contributed by atoms with Gasteiger partial charge in [0, 0.05) is 12.5 Å². The largest absolute Gasteiger partial charge is 0.342 e. The van der Waals surface area contributed by atoms with Crippen LogP contribution in [0.5, 0.6) is 0 Å². The first-order valence-corrected chi connectivity index (χ1v) is 8.80. The quantitative estimate of drug-likeness (QED) is 0.757. The zero-order valence-electron chi connectivity index (χ0n) is 16.5. The molecular weight excluding hydrogens is 346 g/mol. The smallest absolute Gasteiger partial charge is 0.329 e. The first kappa shape index (κ1) is 18.9. The fourth-order valence-corrected chi connectivity index (χ4v) is 2.89. The Balaban J connectivity index is 1.83. The van der Waals surface area contributed by atoms with Gasteiger partial charge in [0.25, 0.3) is 0 Å². The molecule has 0 fully saturated rings. The molecule has 8 heteroatoms. The average molecular weight is 371 g/mol. The normalized spacial score (nSPS) is 12.5. The molecule has 0 saturated heterocycles. The van der Waals surface area contributed by atoms with E-state index < -0.39 is 5.54 Å². The van der Waals surface area contributed by atoms with Crippen molar-refractivity contribution in [3.05, 3.63) is 46.5 Å². The van der Waals surface area contributed by atoms with Crippen LogP contribution in [-0.2, 0) is 29.3 Å². The molecule has 1 aromatic carbocycles. The maximum atomic E-state index is 12.6. The highest BCUT2D eigenvalue weighted by molar-refractivity contribution is 5.81. The standard InChI is InChI=1S/C19H25N5O3/c1-18(2,3)16-20-15(22-27-16)19(4,5)21-14(25)11-24-13-10-8-7-9-12(13)23(6)17(24)26/h7-10H,11H2,1-6H3,(H,21,25). The number of carbonyl (C=O) groups excluding carboxylic acids is 1. The first-order valence-electron chi connectivity index (χ1n) is 8.80. The number of hydrogen-bond acceptors (Lipinski definition) is 5. The van der Waals surface area contributed by atoms with Crippen LogP contribution in [0.2, 0.25) is 0 Å². The molecule has 2 heterocycles. The van der Waals surface area contributed by atoms with Crippen LogP contribution in [0.15, 0.2) is 33.6 Å². The molecule has 1 amide bonds. The minimum atomic E-state index is -0.835. The van der Waals surface area contributed by atoms with Crippen molar-refractivity contribution in [2.24, 2.45) is 7.05 Å². The fourth-order valence-electron chi connectivity index (χ4n) is 2.89. The zero-order valence-corrected chi connectivity index (χ0v) is 16.5. The van der Waals surface area contributed by atoms with Crippen molar-refractivity contribution < 1.29 is 9.32 Å². The van der Waals surface area contributed by atoms with E-state index in [1.54, 1.807) is 20.9 Å². The van der Waals surface area contributed by atoms with Gasteiger partial charge in [0.05, 0.1) is 16.6 Å². The Bertz CT molecular complexity index is 1050. The number of nitrogens with one attached hydrogen (secondary N) is 1. The van der Waals surface area contributed by atoms with E-state index in [2.05, 4.69) is 15.5 Å². The predicted octanol–water partition coefficient (Wildman–Crippen LogP) is 2.07. The number of fused-ring (bicyclic) bond motifs is 1. The summed E-state index contributed by atoms with van der Waals surface area (Å²) in [5.74, 6) is 0.594. The van der Waals surface area contributed by atoms with Gasteiger partial charge in [0.2, 0.25) is 11.8 Å². The lowest BCUT2D eigenvalue weighted by molar-refractivity contribution is -0.123. The Morgan fingerprint density at radius 3 is 2.37 bits per heavy atom. The Kier molecular flexibility index (Phi) is 4.45. The third-order valence-electron chi connectivity index (χ3n) is 4.43. The lowest BCUT2D eigenvalue weighted by Crippen LogP contribution is -2.44. The third kappa shape index (κ3) is 3.51. The lowest BCUT2D eigenvalue weighted by atomic mass is 9.97. The Labute approximate surface area is 157 Å². The summed E-state index contributed by atoms with van der Waals surface area (Å²) in [4.78, 5) is 29.5. The van der Waals surface area contributed by atoms with E-state index >= 15 is 0 Å². The van der Waals surface area contributed by atoms with E-state index in [0.29, 0.717) is 17.2 Å². The van der Waals surface area contributed by atoms with Gasteiger partial charge in [0.15, 0.2) is 5.82 Å². The van der Waals surface area contributed by atoms with E-state index in [4.69, 9.17) is 4.52 Å². The van der Waals surface area contributed by atoms with Gasteiger partial charge in [-0.25, -0.2) is 4.79 Å². The molecule has 0 aliphatic heterocycles. The first-order chi connectivity index (χ1) is 12.5. The maximum Gasteiger partial charge on any atom is 0.329 e. The number of benzene rings is 1. The summed E-state index contributed by atoms with van der Waals surface area (Å²) >= 11 is 0. The molecule has 0 aliphatic rings. The Morgan fingerprint density at radius 2 is 1.78 bits per heavy atom. The van der Waals surface area contributed by atoms with Crippen molar-refractivity contribution in [3.63, 3.8) is 0 Å². The summed E-state index contributed by atoms with van der Waals surface area (Å²) in [5.41, 5.74) is 0.147. The monoisotopic (exact) mass is 371 g/mol. The van der Waals surface area contributed by atoms with Crippen molar-refractivity contribution in [3.8, 4) is 0 Å². The molecule has 8 nitrogen and oxygen atoms in total. The lowest BCUT2D eigenvalue weighted by Gasteiger charge is -2.22. The average Bonchev–Trinajstić information content (AvgIpc) is 3.16. The molecule has 2 aromatic heterocycles. The minimum Gasteiger partial charge on any atom is -0.342 e. The Morgan fingerprint density at radius 1 is 1.15 bits per heavy atom. The van der Waals surface area contributed by atoms with Crippen LogP contribution in [0.3, 0.4) is 0 Å². The van der Waals surface area contributed by atoms with Crippen molar-refractivity contribution in [1.29, 1.82) is 0 Å². The van der Waals surface area contributed by atoms with Gasteiger partial charge in [0.1, 0.15) is 6.54 Å². The molecule has 27 heavy (non-hydrogen) atoms. The highest BCUT2D eigenvalue weighted by atomic mass is 16.5. The summed E-state index contributed by atoms with van der Waals surface area (Å²) in [6, 6.07) is 7.37. The van der Waals surface area contributed by atoms with Crippen LogP contribution in [0.1, 0.15) is 46.3 Å². The zero-order chi connectivity index (χ0) is 20.0. The number of carbonyl (C=O) groups is 1. The Hall–Kier alpha value is -2.90. The van der Waals surface area contributed by atoms with E-state index in [1.807, 2.05) is 45.0 Å². The van der Waals surface area contributed by atoms with Gasteiger partial charge in [-0.2, -0.15) is 4.98 Å². The molecule has 0 aliphatic carbocycles. The SMILES string of the molecule is Cn1c(=O)n(CC(=O)NC(C)(C)c2noc(C(C)(C)C)n2)c2ccccc21. The number of nitrogens with zero attached hydrogens (tertiary/aromatic N) is 4. The van der Waals surface area contributed by atoms with E-state index in [1.165, 1.54) is 9.13 Å². The predicted molar refractivity (Wildman–Crippen MR) is 101 cm³/mol. The highest BCUT2D eigenvalue weighted by Gasteiger charge is 2.31. The van der Waals surface area contributed by atoms with Gasteiger partial charge in [-0.15, -0.1) is 0 Å². The molecule has 0 spiro atoms. The second kappa shape index (κ2) is 6.37. The van der Waals surface area contributed by atoms with Gasteiger partial charge in [-0.3, -0.25) is 13.9 Å². The summed E-state index contributed by atoms with van der Waals surface area (Å²) in [6.45, 7) is 9.43. The number of amides is 1. The van der Waals surface area contributed by atoms with Crippen molar-refractivity contribution in [2.75, 3.05) is 0 Å². The third-order valence-corrected chi connectivity index (χ3v) is 4.43. The number of aryl methyl sites for hydroxylation is 1. The van der Waals surface area contributed by atoms with Crippen LogP contribution < -0.4 is 11.0 Å². The molecule has 0 saturated carbocycles. The molecule has 3 aromatic rings. The number of aromatic nitrogens is 4. The fraction of sp³-hybridized carbons (Fsp3) is 0.474. The van der Waals surface area contributed by atoms with Crippen LogP contribution >= 0.6 is 0 Å². The van der Waals surface area contributed by atoms with Crippen LogP contribution in [0.4, 0.5) is 0 Å². The minimum absolute atomic E-state index is 0.0897. The number of para-hydroxylation sites is 2. The second-order valence-electron chi connectivity index (χ2n) is 8.26. The maximum absolute atomic E-state index is 12.6. The molecule has 0 bridgehead atoms. The van der Waals surface area contributed by atoms with Crippen molar-refractivity contribution >= 4 is 16.9 Å². The molecule has 1 N–H and O–H groups in total. The number of rotatable bonds is 4.